The molecule has 0 bridgehead atoms. The third-order valence-corrected chi connectivity index (χ3v) is 5.66. The van der Waals surface area contributed by atoms with E-state index in [2.05, 4.69) is 23.9 Å². The molecular weight excluding hydrogens is 262 g/mol. The van der Waals surface area contributed by atoms with Crippen LogP contribution in [0.1, 0.15) is 46.0 Å². The average molecular weight is 291 g/mol. The van der Waals surface area contributed by atoms with Crippen molar-refractivity contribution in [3.05, 3.63) is 0 Å². The number of piperidine rings is 1. The first-order valence-corrected chi connectivity index (χ1v) is 8.90. The van der Waals surface area contributed by atoms with Crippen LogP contribution in [-0.2, 0) is 10.2 Å². The molecule has 1 saturated heterocycles. The third-order valence-electron chi connectivity index (χ3n) is 4.03. The van der Waals surface area contributed by atoms with E-state index < -0.39 is 10.2 Å². The van der Waals surface area contributed by atoms with Crippen LogP contribution in [0.3, 0.4) is 0 Å². The molecule has 2 N–H and O–H groups in total. The third kappa shape index (κ3) is 5.02. The molecule has 0 saturated carbocycles. The van der Waals surface area contributed by atoms with Gasteiger partial charge in [-0.05, 0) is 25.8 Å². The molecular formula is C13H29N3O2S. The largest absolute Gasteiger partial charge is 0.318 e. The fraction of sp³-hybridized carbons (Fsp3) is 1.00. The Balaban J connectivity index is 2.63. The zero-order valence-electron chi connectivity index (χ0n) is 12.5. The lowest BCUT2D eigenvalue weighted by Crippen LogP contribution is -2.52. The van der Waals surface area contributed by atoms with Crippen LogP contribution in [0.25, 0.3) is 0 Å². The molecule has 1 unspecified atom stereocenters. The van der Waals surface area contributed by atoms with Crippen LogP contribution < -0.4 is 10.0 Å². The van der Waals surface area contributed by atoms with E-state index in [1.807, 2.05) is 7.05 Å². The minimum atomic E-state index is -3.33. The molecule has 1 rings (SSSR count). The van der Waals surface area contributed by atoms with Gasteiger partial charge in [0.05, 0.1) is 0 Å². The van der Waals surface area contributed by atoms with E-state index in [1.165, 1.54) is 0 Å². The van der Waals surface area contributed by atoms with Crippen LogP contribution in [-0.4, -0.2) is 45.4 Å². The molecule has 1 atom stereocenters. The molecule has 5 nitrogen and oxygen atoms in total. The molecule has 0 aromatic carbocycles. The van der Waals surface area contributed by atoms with E-state index in [4.69, 9.17) is 0 Å². The first-order chi connectivity index (χ1) is 9.05. The molecule has 1 fully saturated rings. The molecule has 0 amide bonds. The molecule has 1 aliphatic heterocycles. The van der Waals surface area contributed by atoms with E-state index >= 15 is 0 Å². The Morgan fingerprint density at radius 3 is 2.53 bits per heavy atom. The topological polar surface area (TPSA) is 61.4 Å². The van der Waals surface area contributed by atoms with Crippen LogP contribution >= 0.6 is 0 Å². The Labute approximate surface area is 118 Å². The van der Waals surface area contributed by atoms with Crippen molar-refractivity contribution >= 4 is 10.2 Å². The summed E-state index contributed by atoms with van der Waals surface area (Å²) in [6.07, 6.45) is 5.06. The summed E-state index contributed by atoms with van der Waals surface area (Å²) >= 11 is 0. The van der Waals surface area contributed by atoms with Crippen molar-refractivity contribution in [2.75, 3.05) is 26.7 Å². The summed E-state index contributed by atoms with van der Waals surface area (Å²) in [7, 11) is -1.45. The fourth-order valence-corrected chi connectivity index (χ4v) is 4.17. The first-order valence-electron chi connectivity index (χ1n) is 7.46. The summed E-state index contributed by atoms with van der Waals surface area (Å²) in [6.45, 7) is 6.13. The fourth-order valence-electron chi connectivity index (χ4n) is 2.61. The minimum absolute atomic E-state index is 0.0953. The van der Waals surface area contributed by atoms with E-state index in [0.717, 1.165) is 38.6 Å². The van der Waals surface area contributed by atoms with Gasteiger partial charge in [-0.3, -0.25) is 0 Å². The van der Waals surface area contributed by atoms with Crippen molar-refractivity contribution in [2.24, 2.45) is 5.92 Å². The molecule has 0 aliphatic carbocycles. The van der Waals surface area contributed by atoms with Gasteiger partial charge < -0.3 is 5.32 Å². The zero-order chi connectivity index (χ0) is 14.3. The average Bonchev–Trinajstić information content (AvgIpc) is 2.41. The summed E-state index contributed by atoms with van der Waals surface area (Å²) in [5.74, 6) is 0.433. The SMILES string of the molecule is CCC(CC)CNS(=O)(=O)N1CCCCC1CNC. The number of hydrogen-bond donors (Lipinski definition) is 2. The van der Waals surface area contributed by atoms with Gasteiger partial charge in [-0.1, -0.05) is 33.1 Å². The molecule has 0 aromatic rings. The predicted molar refractivity (Wildman–Crippen MR) is 79.3 cm³/mol. The quantitative estimate of drug-likeness (QED) is 0.709. The highest BCUT2D eigenvalue weighted by Crippen LogP contribution is 2.19. The summed E-state index contributed by atoms with van der Waals surface area (Å²) in [6, 6.07) is 0.0953. The molecule has 6 heteroatoms. The first kappa shape index (κ1) is 16.9. The monoisotopic (exact) mass is 291 g/mol. The number of nitrogens with zero attached hydrogens (tertiary/aromatic N) is 1. The van der Waals surface area contributed by atoms with Gasteiger partial charge in [0.15, 0.2) is 0 Å². The molecule has 0 spiro atoms. The van der Waals surface area contributed by atoms with Crippen molar-refractivity contribution < 1.29 is 8.42 Å². The normalized spacial score (nSPS) is 22.0. The highest BCUT2D eigenvalue weighted by atomic mass is 32.2. The Kier molecular flexibility index (Phi) is 7.28. The van der Waals surface area contributed by atoms with Gasteiger partial charge in [-0.2, -0.15) is 12.7 Å². The Bertz CT molecular complexity index is 340. The van der Waals surface area contributed by atoms with E-state index in [1.54, 1.807) is 4.31 Å². The molecule has 0 aromatic heterocycles. The molecule has 19 heavy (non-hydrogen) atoms. The second kappa shape index (κ2) is 8.19. The van der Waals surface area contributed by atoms with Crippen molar-refractivity contribution in [1.29, 1.82) is 0 Å². The van der Waals surface area contributed by atoms with Crippen molar-refractivity contribution in [1.82, 2.24) is 14.3 Å². The number of nitrogens with one attached hydrogen (secondary N) is 2. The minimum Gasteiger partial charge on any atom is -0.318 e. The lowest BCUT2D eigenvalue weighted by Gasteiger charge is -2.34. The van der Waals surface area contributed by atoms with Crippen LogP contribution in [0.2, 0.25) is 0 Å². The van der Waals surface area contributed by atoms with Crippen molar-refractivity contribution in [3.63, 3.8) is 0 Å². The summed E-state index contributed by atoms with van der Waals surface area (Å²) in [4.78, 5) is 0. The van der Waals surface area contributed by atoms with Crippen LogP contribution in [0.5, 0.6) is 0 Å². The number of likely N-dealkylation sites (N-methyl/N-ethyl adjacent to an activating group) is 1. The molecule has 1 heterocycles. The predicted octanol–water partition coefficient (Wildman–Crippen LogP) is 1.33. The van der Waals surface area contributed by atoms with Gasteiger partial charge in [-0.25, -0.2) is 4.72 Å². The van der Waals surface area contributed by atoms with Crippen LogP contribution in [0.15, 0.2) is 0 Å². The standard InChI is InChI=1S/C13H29N3O2S/c1-4-12(5-2)10-15-19(17,18)16-9-7-6-8-13(16)11-14-3/h12-15H,4-11H2,1-3H3. The second-order valence-corrected chi connectivity index (χ2v) is 7.06. The maximum Gasteiger partial charge on any atom is 0.279 e. The maximum atomic E-state index is 12.4. The zero-order valence-corrected chi connectivity index (χ0v) is 13.3. The van der Waals surface area contributed by atoms with Crippen LogP contribution in [0.4, 0.5) is 0 Å². The lowest BCUT2D eigenvalue weighted by molar-refractivity contribution is 0.245. The van der Waals surface area contributed by atoms with Crippen molar-refractivity contribution in [2.45, 2.75) is 52.0 Å². The van der Waals surface area contributed by atoms with E-state index in [0.29, 0.717) is 19.0 Å². The van der Waals surface area contributed by atoms with Gasteiger partial charge >= 0.3 is 0 Å². The second-order valence-electron chi connectivity index (χ2n) is 5.35. The highest BCUT2D eigenvalue weighted by molar-refractivity contribution is 7.87. The van der Waals surface area contributed by atoms with Gasteiger partial charge in [0.2, 0.25) is 0 Å². The Morgan fingerprint density at radius 2 is 1.95 bits per heavy atom. The lowest BCUT2D eigenvalue weighted by atomic mass is 10.0. The van der Waals surface area contributed by atoms with Gasteiger partial charge in [0.1, 0.15) is 0 Å². The maximum absolute atomic E-state index is 12.4. The van der Waals surface area contributed by atoms with Gasteiger partial charge in [-0.15, -0.1) is 0 Å². The summed E-state index contributed by atoms with van der Waals surface area (Å²) < 4.78 is 29.2. The molecule has 114 valence electrons. The van der Waals surface area contributed by atoms with Crippen molar-refractivity contribution in [3.8, 4) is 0 Å². The summed E-state index contributed by atoms with van der Waals surface area (Å²) in [5, 5.41) is 3.09. The smallest absolute Gasteiger partial charge is 0.279 e. The Hall–Kier alpha value is -0.170. The van der Waals surface area contributed by atoms with E-state index in [9.17, 15) is 8.42 Å². The van der Waals surface area contributed by atoms with Gasteiger partial charge in [0, 0.05) is 25.7 Å². The van der Waals surface area contributed by atoms with Gasteiger partial charge in [0.25, 0.3) is 10.2 Å². The van der Waals surface area contributed by atoms with Crippen LogP contribution in [0, 0.1) is 5.92 Å². The summed E-state index contributed by atoms with van der Waals surface area (Å²) in [5.41, 5.74) is 0. The number of rotatable bonds is 8. The highest BCUT2D eigenvalue weighted by Gasteiger charge is 2.31. The number of hydrogen-bond acceptors (Lipinski definition) is 3. The van der Waals surface area contributed by atoms with E-state index in [-0.39, 0.29) is 6.04 Å². The molecule has 1 aliphatic rings. The molecule has 0 radical (unpaired) electrons. The Morgan fingerprint density at radius 1 is 1.26 bits per heavy atom.